The van der Waals surface area contributed by atoms with Gasteiger partial charge in [-0.2, -0.15) is 4.31 Å². The summed E-state index contributed by atoms with van der Waals surface area (Å²) >= 11 is 0. The quantitative estimate of drug-likeness (QED) is 0.620. The molecule has 2 fully saturated rings. The lowest BCUT2D eigenvalue weighted by Gasteiger charge is -2.49. The predicted molar refractivity (Wildman–Crippen MR) is 135 cm³/mol. The summed E-state index contributed by atoms with van der Waals surface area (Å²) in [5.74, 6) is -0.0236. The first-order chi connectivity index (χ1) is 15.7. The highest BCUT2D eigenvalue weighted by molar-refractivity contribution is 7.89. The molecule has 3 rings (SSSR count). The number of sulfonamides is 1. The molecule has 1 aromatic carbocycles. The fourth-order valence-corrected chi connectivity index (χ4v) is 7.27. The number of ether oxygens (including phenoxy) is 1. The van der Waals surface area contributed by atoms with Crippen molar-refractivity contribution in [3.05, 3.63) is 29.8 Å². The predicted octanol–water partition coefficient (Wildman–Crippen LogP) is 4.04. The van der Waals surface area contributed by atoms with Crippen LogP contribution in [-0.4, -0.2) is 72.5 Å². The van der Waals surface area contributed by atoms with E-state index in [4.69, 9.17) is 4.74 Å². The smallest absolute Gasteiger partial charge is 0.254 e. The molecule has 2 aliphatic rings. The van der Waals surface area contributed by atoms with E-state index in [9.17, 15) is 13.2 Å². The Morgan fingerprint density at radius 3 is 2.09 bits per heavy atom. The molecule has 2 aliphatic heterocycles. The number of carbonyl (C=O) groups excluding carboxylic acids is 1. The molecule has 7 nitrogen and oxygen atoms in total. The van der Waals surface area contributed by atoms with Gasteiger partial charge in [0.2, 0.25) is 10.0 Å². The van der Waals surface area contributed by atoms with E-state index >= 15 is 0 Å². The number of benzene rings is 1. The molecule has 34 heavy (non-hydrogen) atoms. The molecule has 1 amide bonds. The Kier molecular flexibility index (Phi) is 8.17. The normalized spacial score (nSPS) is 25.7. The maximum absolute atomic E-state index is 13.6. The topological polar surface area (TPSA) is 79.0 Å². The van der Waals surface area contributed by atoms with Gasteiger partial charge in [0.25, 0.3) is 5.91 Å². The van der Waals surface area contributed by atoms with Crippen LogP contribution in [0.4, 0.5) is 0 Å². The van der Waals surface area contributed by atoms with Crippen molar-refractivity contribution < 1.29 is 17.9 Å². The minimum atomic E-state index is -3.64. The number of hydrogen-bond donors (Lipinski definition) is 1. The van der Waals surface area contributed by atoms with E-state index in [0.717, 1.165) is 25.7 Å². The van der Waals surface area contributed by atoms with Gasteiger partial charge in [-0.25, -0.2) is 8.42 Å². The first-order valence-electron chi connectivity index (χ1n) is 12.6. The lowest BCUT2D eigenvalue weighted by atomic mass is 9.78. The molecule has 1 N–H and O–H groups in total. The van der Waals surface area contributed by atoms with Crippen LogP contribution in [0.2, 0.25) is 0 Å². The number of nitrogens with one attached hydrogen (secondary N) is 1. The third kappa shape index (κ3) is 6.39. The van der Waals surface area contributed by atoms with E-state index in [0.29, 0.717) is 25.2 Å². The van der Waals surface area contributed by atoms with Crippen molar-refractivity contribution in [2.45, 2.75) is 108 Å². The second kappa shape index (κ2) is 10.2. The van der Waals surface area contributed by atoms with Gasteiger partial charge in [-0.1, -0.05) is 13.3 Å². The monoisotopic (exact) mass is 493 g/mol. The molecular formula is C26H43N3O4S. The van der Waals surface area contributed by atoms with Gasteiger partial charge >= 0.3 is 0 Å². The van der Waals surface area contributed by atoms with E-state index in [1.54, 1.807) is 24.3 Å². The first-order valence-corrected chi connectivity index (χ1v) is 14.0. The van der Waals surface area contributed by atoms with Crippen molar-refractivity contribution in [3.63, 3.8) is 0 Å². The SMILES string of the molecule is CCCCN(C(=O)c1ccc(S(=O)(=O)N2CC(C)OC(C)C2)cc1)C1CC(C)(C)NC(C)(C)C1. The number of rotatable bonds is 7. The lowest BCUT2D eigenvalue weighted by Crippen LogP contribution is -2.62. The number of carbonyl (C=O) groups is 1. The van der Waals surface area contributed by atoms with Gasteiger partial charge in [0, 0.05) is 42.3 Å². The van der Waals surface area contributed by atoms with Crippen LogP contribution < -0.4 is 5.32 Å². The van der Waals surface area contributed by atoms with Crippen LogP contribution in [0, 0.1) is 0 Å². The van der Waals surface area contributed by atoms with Crippen LogP contribution in [0.25, 0.3) is 0 Å². The highest BCUT2D eigenvalue weighted by Gasteiger charge is 2.41. The van der Waals surface area contributed by atoms with Gasteiger partial charge in [-0.15, -0.1) is 0 Å². The van der Waals surface area contributed by atoms with Gasteiger partial charge in [0.15, 0.2) is 0 Å². The number of hydrogen-bond acceptors (Lipinski definition) is 5. The fourth-order valence-electron chi connectivity index (χ4n) is 5.68. The van der Waals surface area contributed by atoms with Gasteiger partial charge < -0.3 is 15.0 Å². The second-order valence-corrected chi connectivity index (χ2v) is 13.3. The highest BCUT2D eigenvalue weighted by Crippen LogP contribution is 2.32. The number of unbranched alkanes of at least 4 members (excludes halogenated alkanes) is 1. The summed E-state index contributed by atoms with van der Waals surface area (Å²) in [5.41, 5.74) is 0.399. The Hall–Kier alpha value is -1.48. The molecule has 2 saturated heterocycles. The zero-order valence-electron chi connectivity index (χ0n) is 21.9. The Morgan fingerprint density at radius 2 is 1.59 bits per heavy atom. The van der Waals surface area contributed by atoms with Crippen LogP contribution in [0.15, 0.2) is 29.2 Å². The largest absolute Gasteiger partial charge is 0.373 e. The zero-order chi connectivity index (χ0) is 25.3. The Morgan fingerprint density at radius 1 is 1.06 bits per heavy atom. The van der Waals surface area contributed by atoms with E-state index in [2.05, 4.69) is 39.9 Å². The third-order valence-electron chi connectivity index (χ3n) is 6.75. The van der Waals surface area contributed by atoms with Crippen LogP contribution in [0.3, 0.4) is 0 Å². The molecule has 2 heterocycles. The molecule has 2 unspecified atom stereocenters. The molecule has 0 aliphatic carbocycles. The second-order valence-electron chi connectivity index (χ2n) is 11.4. The number of amides is 1. The summed E-state index contributed by atoms with van der Waals surface area (Å²) in [6, 6.07) is 6.60. The standard InChI is InChI=1S/C26H43N3O4S/c1-8-9-14-29(22-15-25(4,5)27-26(6,7)16-22)24(30)21-10-12-23(13-11-21)34(31,32)28-17-19(2)33-20(3)18-28/h10-13,19-20,22,27H,8-9,14-18H2,1-7H3. The van der Waals surface area contributed by atoms with Gasteiger partial charge in [0.05, 0.1) is 17.1 Å². The molecule has 8 heteroatoms. The van der Waals surface area contributed by atoms with Crippen LogP contribution >= 0.6 is 0 Å². The van der Waals surface area contributed by atoms with Crippen molar-refractivity contribution >= 4 is 15.9 Å². The van der Waals surface area contributed by atoms with Crippen molar-refractivity contribution in [1.82, 2.24) is 14.5 Å². The third-order valence-corrected chi connectivity index (χ3v) is 8.59. The van der Waals surface area contributed by atoms with Crippen LogP contribution in [0.1, 0.15) is 84.5 Å². The lowest BCUT2D eigenvalue weighted by molar-refractivity contribution is -0.0440. The minimum Gasteiger partial charge on any atom is -0.373 e. The zero-order valence-corrected chi connectivity index (χ0v) is 22.7. The molecule has 0 spiro atoms. The number of morpholine rings is 1. The molecule has 2 atom stereocenters. The molecule has 1 aromatic rings. The molecule has 0 bridgehead atoms. The minimum absolute atomic E-state index is 0.0236. The van der Waals surface area contributed by atoms with Gasteiger partial charge in [-0.3, -0.25) is 4.79 Å². The maximum atomic E-state index is 13.6. The Bertz CT molecular complexity index is 933. The Labute approximate surface area is 206 Å². The molecule has 0 saturated carbocycles. The van der Waals surface area contributed by atoms with Crippen molar-refractivity contribution in [2.75, 3.05) is 19.6 Å². The molecule has 0 aromatic heterocycles. The van der Waals surface area contributed by atoms with E-state index in [1.165, 1.54) is 4.31 Å². The summed E-state index contributed by atoms with van der Waals surface area (Å²) in [7, 11) is -3.64. The van der Waals surface area contributed by atoms with E-state index < -0.39 is 10.0 Å². The van der Waals surface area contributed by atoms with Gasteiger partial charge in [0.1, 0.15) is 0 Å². The van der Waals surface area contributed by atoms with Gasteiger partial charge in [-0.05, 0) is 85.1 Å². The first kappa shape index (κ1) is 27.1. The maximum Gasteiger partial charge on any atom is 0.254 e. The number of nitrogens with zero attached hydrogens (tertiary/aromatic N) is 2. The van der Waals surface area contributed by atoms with Crippen molar-refractivity contribution in [2.24, 2.45) is 0 Å². The Balaban J connectivity index is 1.83. The van der Waals surface area contributed by atoms with Crippen molar-refractivity contribution in [1.29, 1.82) is 0 Å². The van der Waals surface area contributed by atoms with Crippen LogP contribution in [-0.2, 0) is 14.8 Å². The highest BCUT2D eigenvalue weighted by atomic mass is 32.2. The molecule has 0 radical (unpaired) electrons. The molecule has 192 valence electrons. The fraction of sp³-hybridized carbons (Fsp3) is 0.731. The average molecular weight is 494 g/mol. The van der Waals surface area contributed by atoms with Crippen molar-refractivity contribution in [3.8, 4) is 0 Å². The summed E-state index contributed by atoms with van der Waals surface area (Å²) in [4.78, 5) is 15.9. The van der Waals surface area contributed by atoms with E-state index in [-0.39, 0.29) is 40.1 Å². The van der Waals surface area contributed by atoms with Crippen LogP contribution in [0.5, 0.6) is 0 Å². The van der Waals surface area contributed by atoms with E-state index in [1.807, 2.05) is 18.7 Å². The summed E-state index contributed by atoms with van der Waals surface area (Å²) in [5, 5.41) is 3.69. The number of piperidine rings is 1. The summed E-state index contributed by atoms with van der Waals surface area (Å²) < 4.78 is 33.6. The average Bonchev–Trinajstić information content (AvgIpc) is 2.71. The summed E-state index contributed by atoms with van der Waals surface area (Å²) in [6.45, 7) is 16.0. The molecular weight excluding hydrogens is 450 g/mol. The summed E-state index contributed by atoms with van der Waals surface area (Å²) in [6.07, 6.45) is 3.41.